The van der Waals surface area contributed by atoms with Crippen LogP contribution in [0.4, 0.5) is 0 Å². The van der Waals surface area contributed by atoms with Gasteiger partial charge in [-0.05, 0) is 11.6 Å². The van der Waals surface area contributed by atoms with Crippen LogP contribution in [0.15, 0.2) is 42.5 Å². The molecule has 0 saturated carbocycles. The molecular formula is C41H70N6O12. The van der Waals surface area contributed by atoms with Gasteiger partial charge in [-0.2, -0.15) is 0 Å². The van der Waals surface area contributed by atoms with Crippen LogP contribution in [0.1, 0.15) is 16.7 Å². The summed E-state index contributed by atoms with van der Waals surface area (Å²) < 4.78 is 0. The topological polar surface area (TPSA) is 262 Å². The van der Waals surface area contributed by atoms with Crippen LogP contribution in [0.25, 0.3) is 0 Å². The molecule has 0 spiro atoms. The molecule has 2 heterocycles. The van der Waals surface area contributed by atoms with Crippen LogP contribution >= 0.6 is 0 Å². The van der Waals surface area contributed by atoms with E-state index in [1.165, 1.54) is 0 Å². The molecular weight excluding hydrogens is 768 g/mol. The van der Waals surface area contributed by atoms with Crippen molar-refractivity contribution in [3.05, 3.63) is 59.2 Å². The normalized spacial score (nSPS) is 21.9. The van der Waals surface area contributed by atoms with E-state index in [4.69, 9.17) is 0 Å². The Bertz CT molecular complexity index is 1460. The maximum atomic E-state index is 11.6. The number of nitrogens with zero attached hydrogens (tertiary/aromatic N) is 6. The third kappa shape index (κ3) is 14.5. The maximum Gasteiger partial charge on any atom is 0.123 e. The molecule has 2 aliphatic heterocycles. The lowest BCUT2D eigenvalue weighted by Gasteiger charge is -2.36. The van der Waals surface area contributed by atoms with Gasteiger partial charge in [0.15, 0.2) is 0 Å². The molecule has 0 unspecified atom stereocenters. The fraction of sp³-hybridized carbons (Fsp3) is 0.707. The summed E-state index contributed by atoms with van der Waals surface area (Å²) in [5.41, 5.74) is 1.93. The van der Waals surface area contributed by atoms with Crippen molar-refractivity contribution in [3.8, 4) is 11.5 Å². The molecule has 2 fully saturated rings. The van der Waals surface area contributed by atoms with E-state index in [1.54, 1.807) is 24.3 Å². The van der Waals surface area contributed by atoms with Gasteiger partial charge in [0.2, 0.25) is 0 Å². The number of aliphatic hydroxyl groups is 10. The number of hydrogen-bond acceptors (Lipinski definition) is 18. The summed E-state index contributed by atoms with van der Waals surface area (Å²) in [6, 6.07) is 10.3. The van der Waals surface area contributed by atoms with E-state index in [0.717, 1.165) is 5.56 Å². The van der Waals surface area contributed by atoms with Crippen molar-refractivity contribution in [2.75, 3.05) is 125 Å². The third-order valence-corrected chi connectivity index (χ3v) is 12.0. The molecule has 7 atom stereocenters. The first-order chi connectivity index (χ1) is 28.5. The van der Waals surface area contributed by atoms with Crippen molar-refractivity contribution < 1.29 is 61.3 Å². The Labute approximate surface area is 347 Å². The number of rotatable bonds is 20. The second kappa shape index (κ2) is 25.4. The Balaban J connectivity index is 1.48. The Morgan fingerprint density at radius 2 is 0.797 bits per heavy atom. The smallest absolute Gasteiger partial charge is 0.123 e. The summed E-state index contributed by atoms with van der Waals surface area (Å²) in [6.45, 7) is 3.94. The minimum absolute atomic E-state index is 0.0428. The Hall–Kier alpha value is -2.60. The molecule has 336 valence electrons. The van der Waals surface area contributed by atoms with Crippen molar-refractivity contribution in [2.24, 2.45) is 0 Å². The first-order valence-electron chi connectivity index (χ1n) is 20.8. The van der Waals surface area contributed by atoms with Gasteiger partial charge in [0.25, 0.3) is 0 Å². The van der Waals surface area contributed by atoms with Crippen molar-refractivity contribution >= 4 is 0 Å². The highest BCUT2D eigenvalue weighted by atomic mass is 16.3. The first kappa shape index (κ1) is 49.1. The maximum absolute atomic E-state index is 11.6. The van der Waals surface area contributed by atoms with E-state index in [9.17, 15) is 61.3 Å². The summed E-state index contributed by atoms with van der Waals surface area (Å²) >= 11 is 0. The van der Waals surface area contributed by atoms with Crippen LogP contribution in [0.3, 0.4) is 0 Å². The zero-order chi connectivity index (χ0) is 42.9. The van der Waals surface area contributed by atoms with Gasteiger partial charge in [-0.15, -0.1) is 0 Å². The van der Waals surface area contributed by atoms with Crippen molar-refractivity contribution in [3.63, 3.8) is 0 Å². The van der Waals surface area contributed by atoms with Crippen LogP contribution in [0, 0.1) is 0 Å². The van der Waals surface area contributed by atoms with Gasteiger partial charge >= 0.3 is 0 Å². The van der Waals surface area contributed by atoms with Crippen LogP contribution < -0.4 is 0 Å². The molecule has 2 aliphatic rings. The zero-order valence-corrected chi connectivity index (χ0v) is 34.2. The minimum Gasteiger partial charge on any atom is -0.508 e. The Morgan fingerprint density at radius 3 is 1.25 bits per heavy atom. The minimum atomic E-state index is -1.20. The van der Waals surface area contributed by atoms with E-state index < -0.39 is 75.6 Å². The quantitative estimate of drug-likeness (QED) is 0.0602. The molecule has 4 rings (SSSR count). The first-order valence-corrected chi connectivity index (χ1v) is 20.8. The lowest BCUT2D eigenvalue weighted by Crippen LogP contribution is -2.53. The number of phenols is 2. The van der Waals surface area contributed by atoms with Crippen LogP contribution in [-0.4, -0.2) is 258 Å². The van der Waals surface area contributed by atoms with E-state index in [1.807, 2.05) is 32.9 Å². The molecule has 2 aromatic carbocycles. The predicted molar refractivity (Wildman–Crippen MR) is 220 cm³/mol. The third-order valence-electron chi connectivity index (χ3n) is 12.0. The number of phenolic OH excluding ortho intramolecular Hbond substituents is 2. The molecule has 0 aromatic heterocycles. The molecule has 0 amide bonds. The molecule has 2 aromatic rings. The fourth-order valence-corrected chi connectivity index (χ4v) is 8.27. The summed E-state index contributed by atoms with van der Waals surface area (Å²) in [5, 5.41) is 125. The van der Waals surface area contributed by atoms with E-state index >= 15 is 0 Å². The molecule has 0 radical (unpaired) electrons. The number of β-amino-alcohol motifs (C(OH)–C–C–N with tert-alkyl or cyclic N) is 1. The highest BCUT2D eigenvalue weighted by Crippen LogP contribution is 2.26. The largest absolute Gasteiger partial charge is 0.508 e. The number of aromatic hydroxyl groups is 2. The molecule has 0 aliphatic carbocycles. The monoisotopic (exact) mass is 839 g/mol. The van der Waals surface area contributed by atoms with E-state index in [2.05, 4.69) is 14.7 Å². The van der Waals surface area contributed by atoms with Gasteiger partial charge in [-0.25, -0.2) is 0 Å². The Morgan fingerprint density at radius 1 is 0.424 bits per heavy atom. The molecule has 0 bridgehead atoms. The van der Waals surface area contributed by atoms with E-state index in [0.29, 0.717) is 103 Å². The average molecular weight is 839 g/mol. The molecule has 18 heteroatoms. The van der Waals surface area contributed by atoms with Gasteiger partial charge < -0.3 is 61.3 Å². The molecule has 59 heavy (non-hydrogen) atoms. The van der Waals surface area contributed by atoms with Gasteiger partial charge in [0.05, 0.1) is 82.2 Å². The zero-order valence-electron chi connectivity index (χ0n) is 34.2. The second-order valence-corrected chi connectivity index (χ2v) is 15.9. The summed E-state index contributed by atoms with van der Waals surface area (Å²) in [7, 11) is 0. The summed E-state index contributed by atoms with van der Waals surface area (Å²) in [6.07, 6.45) is -4.26. The number of hydrogen-bond donors (Lipinski definition) is 12. The highest BCUT2D eigenvalue weighted by Gasteiger charge is 2.32. The summed E-state index contributed by atoms with van der Waals surface area (Å²) in [5.74, 6) is 0.232. The van der Waals surface area contributed by atoms with Crippen molar-refractivity contribution in [1.29, 1.82) is 0 Å². The van der Waals surface area contributed by atoms with Crippen LogP contribution in [0.5, 0.6) is 11.5 Å². The standard InChI is InChI=1S/C41H70N6O12/c48-24-34(38(56)27-51)45-14-10-42(21-31-4-1-2-7-37(31)55)8-9-44(13-17-45)23-33(54)20-30-5-3-6-32(41(30)59)22-43-11-15-46(35(25-49)39(57)28-52)18-19-47(16-12-43)36(26-50)40(58)29-53/h1-7,33-36,38-40,48-59H,8-29H2/t33-,34+,35+,36+,38+,39+,40+/m0/s1. The lowest BCUT2D eigenvalue weighted by atomic mass is 10.0. The Kier molecular flexibility index (Phi) is 21.1. The van der Waals surface area contributed by atoms with Crippen molar-refractivity contribution in [1.82, 2.24) is 29.4 Å². The average Bonchev–Trinajstić information content (AvgIpc) is 3.40. The molecule has 18 nitrogen and oxygen atoms in total. The van der Waals surface area contributed by atoms with Gasteiger partial charge in [0, 0.05) is 116 Å². The molecule has 2 saturated heterocycles. The van der Waals surface area contributed by atoms with Gasteiger partial charge in [-0.1, -0.05) is 36.4 Å². The van der Waals surface area contributed by atoms with E-state index in [-0.39, 0.29) is 31.1 Å². The number of benzene rings is 2. The lowest BCUT2D eigenvalue weighted by molar-refractivity contribution is -0.0301. The van der Waals surface area contributed by atoms with Crippen LogP contribution in [0.2, 0.25) is 0 Å². The fourth-order valence-electron chi connectivity index (χ4n) is 8.27. The van der Waals surface area contributed by atoms with Gasteiger partial charge in [0.1, 0.15) is 11.5 Å². The highest BCUT2D eigenvalue weighted by molar-refractivity contribution is 5.40. The number of para-hydroxylation sites is 2. The second-order valence-electron chi connectivity index (χ2n) is 15.9. The van der Waals surface area contributed by atoms with Gasteiger partial charge in [-0.3, -0.25) is 29.4 Å². The number of aliphatic hydroxyl groups excluding tert-OH is 10. The van der Waals surface area contributed by atoms with Crippen molar-refractivity contribution in [2.45, 2.75) is 62.1 Å². The predicted octanol–water partition coefficient (Wildman–Crippen LogP) is -4.32. The summed E-state index contributed by atoms with van der Waals surface area (Å²) in [4.78, 5) is 12.0. The van der Waals surface area contributed by atoms with Crippen LogP contribution in [-0.2, 0) is 19.5 Å². The molecule has 12 N–H and O–H groups in total. The SMILES string of the molecule is OC[C@@H](O)[C@@H](CO)N1CCN(Cc2ccccc2O)CCN(C[C@@H](O)Cc2cccc(CN3CCN([C@H](CO)[C@H](O)CO)CCN([C@H](CO)[C@H](O)CO)CC3)c2O)CC1.